The molecule has 0 bridgehead atoms. The molecular weight excluding hydrogens is 1120 g/mol. The van der Waals surface area contributed by atoms with Crippen LogP contribution in [0.4, 0.5) is 0 Å². The molecule has 4 aliphatic rings. The van der Waals surface area contributed by atoms with Gasteiger partial charge in [0.15, 0.2) is 0 Å². The Morgan fingerprint density at radius 2 is 0.824 bits per heavy atom. The van der Waals surface area contributed by atoms with E-state index >= 15 is 0 Å². The summed E-state index contributed by atoms with van der Waals surface area (Å²) in [6.45, 7) is 69.7. The van der Waals surface area contributed by atoms with E-state index in [1.54, 1.807) is 22.3 Å². The number of hydrogen-bond acceptors (Lipinski definition) is 2. The molecule has 490 valence electrons. The van der Waals surface area contributed by atoms with Crippen molar-refractivity contribution in [2.75, 3.05) is 13.7 Å². The smallest absolute Gasteiger partial charge is 0.131 e. The van der Waals surface area contributed by atoms with E-state index in [2.05, 4.69) is 291 Å². The van der Waals surface area contributed by atoms with Crippen LogP contribution in [0, 0.1) is 71.6 Å². The van der Waals surface area contributed by atoms with Crippen LogP contribution in [0.2, 0.25) is 13.1 Å². The Hall–Kier alpha value is -5.48. The molecule has 0 N–H and O–H groups in total. The normalized spacial score (nSPS) is 17.6. The molecule has 6 aromatic rings. The average molecular weight is 1240 g/mol. The van der Waals surface area contributed by atoms with Gasteiger partial charge in [-0.25, -0.2) is 0 Å². The number of rotatable bonds is 9. The molecule has 0 radical (unpaired) electrons. The number of benzene rings is 6. The third-order valence-corrected chi connectivity index (χ3v) is 23.9. The first-order valence-corrected chi connectivity index (χ1v) is 38.0. The number of aryl methyl sites for hydroxylation is 6. The Kier molecular flexibility index (Phi) is 20.4. The zero-order chi connectivity index (χ0) is 67.8. The molecule has 0 spiro atoms. The fourth-order valence-electron chi connectivity index (χ4n) is 16.6. The molecule has 10 rings (SSSR count). The van der Waals surface area contributed by atoms with Crippen molar-refractivity contribution in [1.82, 2.24) is 0 Å². The Labute approximate surface area is 557 Å². The van der Waals surface area contributed by atoms with Crippen molar-refractivity contribution < 1.29 is 9.47 Å². The van der Waals surface area contributed by atoms with E-state index in [9.17, 15) is 0 Å². The van der Waals surface area contributed by atoms with Crippen LogP contribution in [0.1, 0.15) is 269 Å². The molecule has 3 aliphatic carbocycles. The first-order valence-electron chi connectivity index (χ1n) is 34.8. The molecule has 91 heavy (non-hydrogen) atoms. The number of fused-ring (bicyclic) bond motifs is 3. The van der Waals surface area contributed by atoms with Crippen LogP contribution in [-0.4, -0.2) is 27.9 Å². The summed E-state index contributed by atoms with van der Waals surface area (Å²) in [5.41, 5.74) is 38.5. The highest BCUT2D eigenvalue weighted by Crippen LogP contribution is 2.60. The predicted octanol–water partition coefficient (Wildman–Crippen LogP) is 25.6. The quantitative estimate of drug-likeness (QED) is 0.134. The second kappa shape index (κ2) is 26.0. The van der Waals surface area contributed by atoms with Gasteiger partial charge in [0.25, 0.3) is 0 Å². The van der Waals surface area contributed by atoms with Crippen LogP contribution in [0.25, 0.3) is 51.6 Å². The first-order chi connectivity index (χ1) is 41.8. The summed E-state index contributed by atoms with van der Waals surface area (Å²) < 4.78 is 11.7. The van der Waals surface area contributed by atoms with Gasteiger partial charge in [0, 0.05) is 28.8 Å². The molecule has 0 saturated carbocycles. The van der Waals surface area contributed by atoms with Crippen molar-refractivity contribution in [3.63, 3.8) is 0 Å². The molecule has 1 heterocycles. The van der Waals surface area contributed by atoms with E-state index in [0.717, 1.165) is 38.0 Å². The minimum atomic E-state index is -2.34. The van der Waals surface area contributed by atoms with Crippen LogP contribution in [-0.2, 0) is 27.4 Å². The molecule has 3 atom stereocenters. The zero-order valence-corrected chi connectivity index (χ0v) is 64.2. The largest absolute Gasteiger partial charge is 0.496 e. The maximum absolute atomic E-state index is 6.54. The standard InChI is InChI=1S/C56H76OSi.C27H36.C5H10O/c1-33-21-34(2)24-38(23-33)48-37(5)46(55(12,13)14)29-44-42(48)27-40(31-53(6,7)8)51(44)58(19,20)52-41(32-54(9,10)11)28-43-45(52)30-47(56(15,16)17)50(57-18)49(43)39-25-35(3)22-36(4)26-39;1-17-10-18(2)12-22(11-17)25-19(3)24(27(7,8)9)15-21-13-20(14-23(21)25)16-26(4,5)6;1-5-3-2-4-6-5/h21-30,51-52H,31-32H2,1-20H3;10-13,15H,14,16H2,1-9H3;5H,2-4H2,1H3. The second-order valence-corrected chi connectivity index (χ2v) is 41.1. The van der Waals surface area contributed by atoms with Crippen molar-refractivity contribution in [3.8, 4) is 39.1 Å². The lowest BCUT2D eigenvalue weighted by Gasteiger charge is -2.43. The van der Waals surface area contributed by atoms with Crippen LogP contribution < -0.4 is 4.74 Å². The van der Waals surface area contributed by atoms with Crippen molar-refractivity contribution in [3.05, 3.63) is 184 Å². The third-order valence-electron chi connectivity index (χ3n) is 19.6. The van der Waals surface area contributed by atoms with Gasteiger partial charge in [-0.15, -0.1) is 0 Å². The third kappa shape index (κ3) is 16.2. The number of ether oxygens (including phenoxy) is 2. The number of methoxy groups -OCH3 is 1. The topological polar surface area (TPSA) is 18.5 Å². The summed E-state index contributed by atoms with van der Waals surface area (Å²) in [6, 6.07) is 29.0. The molecule has 1 saturated heterocycles. The lowest BCUT2D eigenvalue weighted by atomic mass is 9.78. The van der Waals surface area contributed by atoms with Gasteiger partial charge in [-0.1, -0.05) is 279 Å². The van der Waals surface area contributed by atoms with Crippen LogP contribution in [0.5, 0.6) is 5.75 Å². The highest BCUT2D eigenvalue weighted by Gasteiger charge is 2.51. The maximum Gasteiger partial charge on any atom is 0.131 e. The summed E-state index contributed by atoms with van der Waals surface area (Å²) in [5.74, 6) is 1.03. The molecule has 0 amide bonds. The van der Waals surface area contributed by atoms with Crippen LogP contribution in [0.3, 0.4) is 0 Å². The molecular formula is C88H122O2Si. The highest BCUT2D eigenvalue weighted by molar-refractivity contribution is 6.82. The van der Waals surface area contributed by atoms with Gasteiger partial charge in [0.2, 0.25) is 0 Å². The van der Waals surface area contributed by atoms with Crippen molar-refractivity contribution in [2.45, 2.75) is 272 Å². The van der Waals surface area contributed by atoms with E-state index in [0.29, 0.717) is 22.6 Å². The van der Waals surface area contributed by atoms with Gasteiger partial charge in [0.1, 0.15) is 5.75 Å². The van der Waals surface area contributed by atoms with E-state index in [1.807, 2.05) is 7.11 Å². The molecule has 1 fully saturated rings. The average Bonchev–Trinajstić information content (AvgIpc) is 1.59. The molecule has 2 nitrogen and oxygen atoms in total. The predicted molar refractivity (Wildman–Crippen MR) is 404 cm³/mol. The van der Waals surface area contributed by atoms with Crippen LogP contribution >= 0.6 is 0 Å². The summed E-state index contributed by atoms with van der Waals surface area (Å²) in [4.78, 5) is 0. The molecule has 6 aromatic carbocycles. The van der Waals surface area contributed by atoms with E-state index in [1.165, 1.54) is 135 Å². The van der Waals surface area contributed by atoms with Crippen molar-refractivity contribution in [1.29, 1.82) is 0 Å². The summed E-state index contributed by atoms with van der Waals surface area (Å²) in [6.07, 6.45) is 15.3. The minimum absolute atomic E-state index is 0.00598. The Morgan fingerprint density at radius 3 is 1.19 bits per heavy atom. The molecule has 1 aliphatic heterocycles. The zero-order valence-electron chi connectivity index (χ0n) is 63.2. The van der Waals surface area contributed by atoms with Gasteiger partial charge < -0.3 is 9.47 Å². The molecule has 3 unspecified atom stereocenters. The van der Waals surface area contributed by atoms with Gasteiger partial charge in [-0.2, -0.15) is 0 Å². The maximum atomic E-state index is 6.54. The van der Waals surface area contributed by atoms with E-state index in [-0.39, 0.29) is 27.1 Å². The monoisotopic (exact) mass is 1240 g/mol. The number of hydrogen-bond donors (Lipinski definition) is 0. The molecule has 3 heteroatoms. The van der Waals surface area contributed by atoms with Gasteiger partial charge >= 0.3 is 0 Å². The first kappa shape index (κ1) is 71.4. The lowest BCUT2D eigenvalue weighted by Crippen LogP contribution is -2.44. The minimum Gasteiger partial charge on any atom is -0.496 e. The fourth-order valence-corrected chi connectivity index (χ4v) is 21.3. The summed E-state index contributed by atoms with van der Waals surface area (Å²) in [5, 5.41) is 0. The Balaban J connectivity index is 0.000000265. The summed E-state index contributed by atoms with van der Waals surface area (Å²) in [7, 11) is -0.459. The Morgan fingerprint density at radius 1 is 0.451 bits per heavy atom. The van der Waals surface area contributed by atoms with Gasteiger partial charge in [0.05, 0.1) is 21.3 Å². The van der Waals surface area contributed by atoms with E-state index < -0.39 is 8.07 Å². The van der Waals surface area contributed by atoms with Gasteiger partial charge in [-0.05, 0) is 217 Å². The molecule has 0 aromatic heterocycles. The second-order valence-electron chi connectivity index (χ2n) is 36.3. The SMILES string of the molecule is CC1CCCO1.COc1c(C(C)(C)C)cc2c(c1-c1cc(C)cc(C)c1)C=C(CC(C)(C)C)C2[Si](C)(C)C1C(CC(C)(C)C)=Cc2c1cc(C(C)(C)C)c(C)c2-c1cc(C)cc(C)c1.Cc1cc(C)cc(-c2c(C)c(C(C)(C)C)cc3c2CC(CC(C)(C)C)=C3)c1. The van der Waals surface area contributed by atoms with Crippen LogP contribution in [0.15, 0.2) is 89.5 Å². The van der Waals surface area contributed by atoms with Gasteiger partial charge in [-0.3, -0.25) is 0 Å². The van der Waals surface area contributed by atoms with Crippen molar-refractivity contribution in [2.24, 2.45) is 16.2 Å². The highest BCUT2D eigenvalue weighted by atomic mass is 28.3. The summed E-state index contributed by atoms with van der Waals surface area (Å²) >= 11 is 0. The fraction of sp³-hybridized carbons (Fsp3) is 0.523. The van der Waals surface area contributed by atoms with Crippen molar-refractivity contribution >= 4 is 26.3 Å². The lowest BCUT2D eigenvalue weighted by molar-refractivity contribution is 0.125. The number of allylic oxidation sites excluding steroid dienone is 3. The van der Waals surface area contributed by atoms with E-state index in [4.69, 9.17) is 9.47 Å². The Bertz CT molecular complexity index is 3750.